The van der Waals surface area contributed by atoms with Crippen molar-refractivity contribution in [3.63, 3.8) is 0 Å². The molecule has 0 saturated carbocycles. The molecule has 1 aliphatic rings. The molecule has 1 atom stereocenters. The SMILES string of the molecule is CCOC(=O)C1=C(c2ccccc2)N=c2s/c(=C\c3ccc(OCc4ccc(C#N)cc4)c(OCC)c3)c(=O)n2[C@@H]1c1ccc(OC)cc1. The number of hydrogen-bond donors (Lipinski definition) is 0. The molecule has 9 nitrogen and oxygen atoms in total. The number of rotatable bonds is 11. The molecular weight excluding hydrogens is 639 g/mol. The van der Waals surface area contributed by atoms with Crippen LogP contribution in [0.2, 0.25) is 0 Å². The zero-order valence-corrected chi connectivity index (χ0v) is 28.0. The molecule has 0 radical (unpaired) electrons. The number of nitriles is 1. The van der Waals surface area contributed by atoms with Crippen molar-refractivity contribution in [1.82, 2.24) is 4.57 Å². The van der Waals surface area contributed by atoms with Gasteiger partial charge in [-0.3, -0.25) is 9.36 Å². The Hall–Kier alpha value is -5.92. The van der Waals surface area contributed by atoms with E-state index < -0.39 is 12.0 Å². The van der Waals surface area contributed by atoms with E-state index in [1.807, 2.05) is 79.7 Å². The van der Waals surface area contributed by atoms with Crippen LogP contribution in [-0.4, -0.2) is 30.9 Å². The lowest BCUT2D eigenvalue weighted by atomic mass is 9.93. The van der Waals surface area contributed by atoms with Gasteiger partial charge in [0.2, 0.25) is 0 Å². The lowest BCUT2D eigenvalue weighted by Crippen LogP contribution is -2.40. The fraction of sp³-hybridized carbons (Fsp3) is 0.179. The second-order valence-corrected chi connectivity index (χ2v) is 12.0. The van der Waals surface area contributed by atoms with Gasteiger partial charge in [0.1, 0.15) is 12.4 Å². The van der Waals surface area contributed by atoms with E-state index in [1.54, 1.807) is 48.9 Å². The van der Waals surface area contributed by atoms with Crippen molar-refractivity contribution in [1.29, 1.82) is 5.26 Å². The highest BCUT2D eigenvalue weighted by atomic mass is 32.1. The van der Waals surface area contributed by atoms with Gasteiger partial charge in [0, 0.05) is 5.56 Å². The average molecular weight is 672 g/mol. The van der Waals surface area contributed by atoms with Crippen molar-refractivity contribution < 1.29 is 23.7 Å². The van der Waals surface area contributed by atoms with Gasteiger partial charge in [-0.15, -0.1) is 0 Å². The maximum atomic E-state index is 14.3. The van der Waals surface area contributed by atoms with Crippen molar-refractivity contribution in [3.8, 4) is 23.3 Å². The highest BCUT2D eigenvalue weighted by Gasteiger charge is 2.35. The Morgan fingerprint density at radius 3 is 2.37 bits per heavy atom. The first-order valence-electron chi connectivity index (χ1n) is 15.7. The molecule has 2 heterocycles. The van der Waals surface area contributed by atoms with Crippen molar-refractivity contribution >= 4 is 29.1 Å². The van der Waals surface area contributed by atoms with Crippen molar-refractivity contribution in [2.24, 2.45) is 4.99 Å². The summed E-state index contributed by atoms with van der Waals surface area (Å²) in [6, 6.07) is 30.7. The van der Waals surface area contributed by atoms with Crippen molar-refractivity contribution in [3.05, 3.63) is 150 Å². The summed E-state index contributed by atoms with van der Waals surface area (Å²) < 4.78 is 24.9. The number of methoxy groups -OCH3 is 1. The maximum absolute atomic E-state index is 14.3. The molecule has 0 aliphatic carbocycles. The molecule has 49 heavy (non-hydrogen) atoms. The molecule has 246 valence electrons. The van der Waals surface area contributed by atoms with Gasteiger partial charge in [0.05, 0.1) is 53.8 Å². The summed E-state index contributed by atoms with van der Waals surface area (Å²) in [7, 11) is 1.58. The van der Waals surface area contributed by atoms with Crippen LogP contribution < -0.4 is 29.1 Å². The second kappa shape index (κ2) is 14.9. The molecule has 0 unspecified atom stereocenters. The predicted octanol–water partition coefficient (Wildman–Crippen LogP) is 5.79. The van der Waals surface area contributed by atoms with E-state index in [-0.39, 0.29) is 17.7 Å². The number of esters is 1. The van der Waals surface area contributed by atoms with E-state index in [4.69, 9.17) is 29.2 Å². The number of thiazole rings is 1. The summed E-state index contributed by atoms with van der Waals surface area (Å²) in [4.78, 5) is 33.3. The number of carbonyl (C=O) groups excluding carboxylic acids is 1. The van der Waals surface area contributed by atoms with Crippen LogP contribution in [0.25, 0.3) is 11.8 Å². The topological polar surface area (TPSA) is 112 Å². The van der Waals surface area contributed by atoms with Crippen LogP contribution in [0.5, 0.6) is 17.2 Å². The summed E-state index contributed by atoms with van der Waals surface area (Å²) in [6.07, 6.45) is 1.79. The third-order valence-electron chi connectivity index (χ3n) is 7.85. The third-order valence-corrected chi connectivity index (χ3v) is 8.83. The van der Waals surface area contributed by atoms with Gasteiger partial charge in [0.15, 0.2) is 16.3 Å². The number of hydrogen-bond acceptors (Lipinski definition) is 9. The van der Waals surface area contributed by atoms with Gasteiger partial charge in [-0.2, -0.15) is 5.26 Å². The predicted molar refractivity (Wildman–Crippen MR) is 187 cm³/mol. The summed E-state index contributed by atoms with van der Waals surface area (Å²) in [5, 5.41) is 9.07. The number of nitrogens with zero attached hydrogens (tertiary/aromatic N) is 3. The molecule has 0 saturated heterocycles. The van der Waals surface area contributed by atoms with Gasteiger partial charge >= 0.3 is 5.97 Å². The van der Waals surface area contributed by atoms with E-state index >= 15 is 0 Å². The summed E-state index contributed by atoms with van der Waals surface area (Å²) in [5.74, 6) is 1.19. The smallest absolute Gasteiger partial charge is 0.338 e. The van der Waals surface area contributed by atoms with Crippen LogP contribution in [0.3, 0.4) is 0 Å². The molecule has 6 rings (SSSR count). The van der Waals surface area contributed by atoms with Gasteiger partial charge < -0.3 is 18.9 Å². The fourth-order valence-electron chi connectivity index (χ4n) is 5.53. The van der Waals surface area contributed by atoms with Crippen molar-refractivity contribution in [2.75, 3.05) is 20.3 Å². The van der Waals surface area contributed by atoms with E-state index in [0.29, 0.717) is 56.6 Å². The Labute approximate surface area is 287 Å². The lowest BCUT2D eigenvalue weighted by molar-refractivity contribution is -0.138. The van der Waals surface area contributed by atoms with Crippen LogP contribution >= 0.6 is 11.3 Å². The monoisotopic (exact) mass is 671 g/mol. The standard InChI is InChI=1S/C39H33N3O6S/c1-4-46-32-21-27(15-20-31(32)48-24-26-13-11-25(23-40)12-14-26)22-33-37(43)42-36(29-16-18-30(45-3)19-17-29)34(38(44)47-5-2)35(41-39(42)49-33)28-9-7-6-8-10-28/h6-22,36H,4-5,24H2,1-3H3/b33-22-/t36-/m1/s1. The van der Waals surface area contributed by atoms with Crippen molar-refractivity contribution in [2.45, 2.75) is 26.5 Å². The molecule has 10 heteroatoms. The number of ether oxygens (including phenoxy) is 4. The minimum atomic E-state index is -0.796. The molecule has 1 aliphatic heterocycles. The lowest BCUT2D eigenvalue weighted by Gasteiger charge is -2.26. The Morgan fingerprint density at radius 1 is 0.939 bits per heavy atom. The molecule has 0 spiro atoms. The average Bonchev–Trinajstić information content (AvgIpc) is 3.45. The van der Waals surface area contributed by atoms with E-state index in [0.717, 1.165) is 16.7 Å². The number of aromatic nitrogens is 1. The van der Waals surface area contributed by atoms with Crippen LogP contribution in [0.4, 0.5) is 0 Å². The second-order valence-electron chi connectivity index (χ2n) is 10.9. The summed E-state index contributed by atoms with van der Waals surface area (Å²) in [5.41, 5.74) is 4.11. The van der Waals surface area contributed by atoms with Gasteiger partial charge in [-0.25, -0.2) is 9.79 Å². The molecule has 0 fully saturated rings. The minimum Gasteiger partial charge on any atom is -0.497 e. The van der Waals surface area contributed by atoms with Crippen LogP contribution in [-0.2, 0) is 16.1 Å². The first-order chi connectivity index (χ1) is 23.9. The highest BCUT2D eigenvalue weighted by molar-refractivity contribution is 7.07. The normalized spacial score (nSPS) is 14.0. The summed E-state index contributed by atoms with van der Waals surface area (Å²) >= 11 is 1.24. The molecule has 0 N–H and O–H groups in total. The highest BCUT2D eigenvalue weighted by Crippen LogP contribution is 2.36. The number of fused-ring (bicyclic) bond motifs is 1. The largest absolute Gasteiger partial charge is 0.497 e. The van der Waals surface area contributed by atoms with Gasteiger partial charge in [-0.05, 0) is 73.0 Å². The maximum Gasteiger partial charge on any atom is 0.338 e. The number of carbonyl (C=O) groups is 1. The van der Waals surface area contributed by atoms with Crippen LogP contribution in [0.1, 0.15) is 47.7 Å². The van der Waals surface area contributed by atoms with E-state index in [2.05, 4.69) is 6.07 Å². The molecule has 1 aromatic heterocycles. The van der Waals surface area contributed by atoms with Gasteiger partial charge in [0.25, 0.3) is 5.56 Å². The van der Waals surface area contributed by atoms with E-state index in [1.165, 1.54) is 11.3 Å². The Kier molecular flexibility index (Phi) is 10.0. The zero-order valence-electron chi connectivity index (χ0n) is 27.2. The zero-order chi connectivity index (χ0) is 34.3. The molecule has 4 aromatic carbocycles. The van der Waals surface area contributed by atoms with Crippen LogP contribution in [0, 0.1) is 11.3 Å². The fourth-order valence-corrected chi connectivity index (χ4v) is 6.53. The first kappa shape index (κ1) is 33.0. The summed E-state index contributed by atoms with van der Waals surface area (Å²) in [6.45, 7) is 4.51. The van der Waals surface area contributed by atoms with Gasteiger partial charge in [-0.1, -0.05) is 72.0 Å². The van der Waals surface area contributed by atoms with Crippen LogP contribution in [0.15, 0.2) is 112 Å². The van der Waals surface area contributed by atoms with E-state index in [9.17, 15) is 9.59 Å². The molecule has 0 bridgehead atoms. The minimum absolute atomic E-state index is 0.166. The molecule has 0 amide bonds. The quantitative estimate of drug-likeness (QED) is 0.163. The molecular formula is C39H33N3O6S. The Bertz CT molecular complexity index is 2230. The Balaban J connectivity index is 1.45. The third kappa shape index (κ3) is 7.03. The Morgan fingerprint density at radius 2 is 1.69 bits per heavy atom. The number of benzene rings is 4. The molecule has 5 aromatic rings. The first-order valence-corrected chi connectivity index (χ1v) is 16.6.